The molecular weight excluding hydrogens is 310 g/mol. The predicted molar refractivity (Wildman–Crippen MR) is 93.2 cm³/mol. The highest BCUT2D eigenvalue weighted by Gasteiger charge is 2.30. The van der Waals surface area contributed by atoms with Gasteiger partial charge in [0.1, 0.15) is 17.7 Å². The van der Waals surface area contributed by atoms with E-state index in [1.165, 1.54) is 0 Å². The van der Waals surface area contributed by atoms with Gasteiger partial charge < -0.3 is 21.1 Å². The third-order valence-corrected chi connectivity index (χ3v) is 3.53. The van der Waals surface area contributed by atoms with Crippen LogP contribution in [0.4, 0.5) is 4.79 Å². The summed E-state index contributed by atoms with van der Waals surface area (Å²) >= 11 is 0. The minimum Gasteiger partial charge on any atom is -0.444 e. The van der Waals surface area contributed by atoms with E-state index in [1.54, 1.807) is 20.8 Å². The molecule has 3 amide bonds. The molecule has 140 valence electrons. The summed E-state index contributed by atoms with van der Waals surface area (Å²) in [5.41, 5.74) is 4.72. The maximum atomic E-state index is 12.5. The van der Waals surface area contributed by atoms with Crippen LogP contribution in [0.25, 0.3) is 0 Å². The summed E-state index contributed by atoms with van der Waals surface area (Å²) in [4.78, 5) is 36.1. The Morgan fingerprint density at radius 3 is 2.00 bits per heavy atom. The molecule has 7 nitrogen and oxygen atoms in total. The standard InChI is InChI=1S/C17H33N3O4/c1-8-11(4)13(14(18)21)20-15(22)12(9-10(2)3)19-16(23)24-17(5,6)7/h10-13H,8-9H2,1-7H3,(H2,18,21)(H,19,23)(H,20,22)/t11-,12+,13-/m0/s1. The molecule has 3 atom stereocenters. The molecule has 0 rings (SSSR count). The Balaban J connectivity index is 5.05. The summed E-state index contributed by atoms with van der Waals surface area (Å²) in [5.74, 6) is -0.934. The molecule has 0 spiro atoms. The molecule has 0 aromatic carbocycles. The Hall–Kier alpha value is -1.79. The molecule has 0 saturated heterocycles. The van der Waals surface area contributed by atoms with Gasteiger partial charge in [-0.25, -0.2) is 4.79 Å². The van der Waals surface area contributed by atoms with Crippen molar-refractivity contribution in [2.24, 2.45) is 17.6 Å². The van der Waals surface area contributed by atoms with Gasteiger partial charge in [-0.05, 0) is 39.0 Å². The molecule has 0 aliphatic rings. The molecule has 0 radical (unpaired) electrons. The highest BCUT2D eigenvalue weighted by Crippen LogP contribution is 2.12. The van der Waals surface area contributed by atoms with E-state index < -0.39 is 35.6 Å². The van der Waals surface area contributed by atoms with Crippen LogP contribution in [0.5, 0.6) is 0 Å². The number of primary amides is 1. The van der Waals surface area contributed by atoms with Gasteiger partial charge in [0.15, 0.2) is 0 Å². The second-order valence-electron chi connectivity index (χ2n) is 7.60. The van der Waals surface area contributed by atoms with Gasteiger partial charge in [-0.2, -0.15) is 0 Å². The lowest BCUT2D eigenvalue weighted by Gasteiger charge is -2.27. The van der Waals surface area contributed by atoms with E-state index in [-0.39, 0.29) is 11.8 Å². The number of carbonyl (C=O) groups excluding carboxylic acids is 3. The molecule has 0 fully saturated rings. The zero-order valence-corrected chi connectivity index (χ0v) is 15.9. The number of rotatable bonds is 8. The Bertz CT molecular complexity index is 444. The van der Waals surface area contributed by atoms with Gasteiger partial charge in [0, 0.05) is 0 Å². The van der Waals surface area contributed by atoms with Gasteiger partial charge in [0.25, 0.3) is 0 Å². The largest absolute Gasteiger partial charge is 0.444 e. The van der Waals surface area contributed by atoms with Crippen molar-refractivity contribution < 1.29 is 19.1 Å². The maximum absolute atomic E-state index is 12.5. The lowest BCUT2D eigenvalue weighted by Crippen LogP contribution is -2.55. The summed E-state index contributed by atoms with van der Waals surface area (Å²) in [6.07, 6.45) is 0.460. The lowest BCUT2D eigenvalue weighted by atomic mass is 9.97. The van der Waals surface area contributed by atoms with Crippen LogP contribution in [-0.2, 0) is 14.3 Å². The SMILES string of the molecule is CC[C@H](C)[C@H](NC(=O)[C@@H](CC(C)C)NC(=O)OC(C)(C)C)C(N)=O. The molecule has 24 heavy (non-hydrogen) atoms. The van der Waals surface area contributed by atoms with E-state index in [4.69, 9.17) is 10.5 Å². The van der Waals surface area contributed by atoms with E-state index in [9.17, 15) is 14.4 Å². The van der Waals surface area contributed by atoms with Crippen molar-refractivity contribution in [3.8, 4) is 0 Å². The fourth-order valence-electron chi connectivity index (χ4n) is 2.14. The quantitative estimate of drug-likeness (QED) is 0.625. The average Bonchev–Trinajstić information content (AvgIpc) is 2.39. The monoisotopic (exact) mass is 343 g/mol. The van der Waals surface area contributed by atoms with Crippen molar-refractivity contribution in [2.45, 2.75) is 79.0 Å². The Morgan fingerprint density at radius 2 is 1.62 bits per heavy atom. The van der Waals surface area contributed by atoms with Crippen LogP contribution in [0.15, 0.2) is 0 Å². The van der Waals surface area contributed by atoms with E-state index in [2.05, 4.69) is 10.6 Å². The zero-order valence-electron chi connectivity index (χ0n) is 15.9. The molecular formula is C17H33N3O4. The minimum absolute atomic E-state index is 0.0901. The van der Waals surface area contributed by atoms with Crippen LogP contribution in [0.1, 0.15) is 61.3 Å². The van der Waals surface area contributed by atoms with Gasteiger partial charge in [-0.1, -0.05) is 34.1 Å². The van der Waals surface area contributed by atoms with Crippen LogP contribution in [-0.4, -0.2) is 35.6 Å². The molecule has 4 N–H and O–H groups in total. The molecule has 0 aromatic heterocycles. The molecule has 0 saturated carbocycles. The number of carbonyl (C=O) groups is 3. The fourth-order valence-corrected chi connectivity index (χ4v) is 2.14. The molecule has 7 heteroatoms. The van der Waals surface area contributed by atoms with Crippen LogP contribution in [0.2, 0.25) is 0 Å². The first-order chi connectivity index (χ1) is 10.9. The van der Waals surface area contributed by atoms with Gasteiger partial charge in [-0.3, -0.25) is 9.59 Å². The number of amides is 3. The number of hydrogen-bond donors (Lipinski definition) is 3. The average molecular weight is 343 g/mol. The number of nitrogens with two attached hydrogens (primary N) is 1. The molecule has 0 bridgehead atoms. The predicted octanol–water partition coefficient (Wildman–Crippen LogP) is 1.94. The normalized spacial score (nSPS) is 15.3. The Kier molecular flexibility index (Phi) is 8.78. The van der Waals surface area contributed by atoms with Gasteiger partial charge in [0.05, 0.1) is 0 Å². The smallest absolute Gasteiger partial charge is 0.408 e. The van der Waals surface area contributed by atoms with Crippen LogP contribution < -0.4 is 16.4 Å². The third-order valence-electron chi connectivity index (χ3n) is 3.53. The Morgan fingerprint density at radius 1 is 1.08 bits per heavy atom. The second-order valence-corrected chi connectivity index (χ2v) is 7.60. The number of alkyl carbamates (subject to hydrolysis) is 1. The minimum atomic E-state index is -0.786. The second kappa shape index (κ2) is 9.49. The van der Waals surface area contributed by atoms with E-state index in [0.717, 1.165) is 0 Å². The van der Waals surface area contributed by atoms with Crippen LogP contribution in [0.3, 0.4) is 0 Å². The molecule has 0 unspecified atom stereocenters. The summed E-state index contributed by atoms with van der Waals surface area (Å²) in [5, 5.41) is 5.24. The topological polar surface area (TPSA) is 111 Å². The van der Waals surface area contributed by atoms with Crippen molar-refractivity contribution in [1.29, 1.82) is 0 Å². The molecule has 0 aliphatic carbocycles. The summed E-state index contributed by atoms with van der Waals surface area (Å²) in [6, 6.07) is -1.55. The van der Waals surface area contributed by atoms with Crippen molar-refractivity contribution in [2.75, 3.05) is 0 Å². The lowest BCUT2D eigenvalue weighted by molar-refractivity contribution is -0.129. The number of nitrogens with one attached hydrogen (secondary N) is 2. The Labute approximate surface area is 145 Å². The van der Waals surface area contributed by atoms with Gasteiger partial charge in [-0.15, -0.1) is 0 Å². The number of hydrogen-bond acceptors (Lipinski definition) is 4. The van der Waals surface area contributed by atoms with Crippen molar-refractivity contribution in [3.05, 3.63) is 0 Å². The fraction of sp³-hybridized carbons (Fsp3) is 0.824. The zero-order chi connectivity index (χ0) is 19.1. The summed E-state index contributed by atoms with van der Waals surface area (Å²) in [6.45, 7) is 12.9. The number of ether oxygens (including phenoxy) is 1. The molecule has 0 aliphatic heterocycles. The van der Waals surface area contributed by atoms with Gasteiger partial charge in [0.2, 0.25) is 11.8 Å². The van der Waals surface area contributed by atoms with E-state index in [1.807, 2.05) is 27.7 Å². The summed E-state index contributed by atoms with van der Waals surface area (Å²) in [7, 11) is 0. The highest BCUT2D eigenvalue weighted by molar-refractivity contribution is 5.90. The van der Waals surface area contributed by atoms with Crippen molar-refractivity contribution in [1.82, 2.24) is 10.6 Å². The van der Waals surface area contributed by atoms with E-state index >= 15 is 0 Å². The summed E-state index contributed by atoms with van der Waals surface area (Å²) < 4.78 is 5.20. The van der Waals surface area contributed by atoms with E-state index in [0.29, 0.717) is 12.8 Å². The van der Waals surface area contributed by atoms with Crippen LogP contribution in [0, 0.1) is 11.8 Å². The first-order valence-corrected chi connectivity index (χ1v) is 8.46. The third kappa shape index (κ3) is 8.74. The highest BCUT2D eigenvalue weighted by atomic mass is 16.6. The molecule has 0 heterocycles. The first-order valence-electron chi connectivity index (χ1n) is 8.46. The first kappa shape index (κ1) is 22.2. The molecule has 0 aromatic rings. The van der Waals surface area contributed by atoms with Crippen molar-refractivity contribution in [3.63, 3.8) is 0 Å². The van der Waals surface area contributed by atoms with Crippen LogP contribution >= 0.6 is 0 Å². The maximum Gasteiger partial charge on any atom is 0.408 e. The van der Waals surface area contributed by atoms with Crippen molar-refractivity contribution >= 4 is 17.9 Å². The van der Waals surface area contributed by atoms with Gasteiger partial charge >= 0.3 is 6.09 Å².